The van der Waals surface area contributed by atoms with Crippen molar-refractivity contribution < 1.29 is 19.1 Å². The zero-order valence-electron chi connectivity index (χ0n) is 17.1. The number of amides is 3. The molecule has 2 aromatic rings. The molecule has 1 N–H and O–H groups in total. The molecular weight excluding hydrogens is 406 g/mol. The molecule has 2 atom stereocenters. The van der Waals surface area contributed by atoms with Gasteiger partial charge < -0.3 is 19.9 Å². The van der Waals surface area contributed by atoms with E-state index in [-0.39, 0.29) is 36.7 Å². The molecular formula is C22H24ClN3O4. The third-order valence-electron chi connectivity index (χ3n) is 4.85. The van der Waals surface area contributed by atoms with Crippen LogP contribution in [0, 0.1) is 0 Å². The van der Waals surface area contributed by atoms with Crippen molar-refractivity contribution in [3.05, 3.63) is 53.6 Å². The van der Waals surface area contributed by atoms with Crippen LogP contribution in [0.25, 0.3) is 0 Å². The summed E-state index contributed by atoms with van der Waals surface area (Å²) in [5.41, 5.74) is 1.20. The van der Waals surface area contributed by atoms with E-state index in [4.69, 9.17) is 16.3 Å². The van der Waals surface area contributed by atoms with Crippen molar-refractivity contribution in [2.75, 3.05) is 23.8 Å². The maximum atomic E-state index is 13.1. The Morgan fingerprint density at radius 1 is 1.23 bits per heavy atom. The molecule has 30 heavy (non-hydrogen) atoms. The Kier molecular flexibility index (Phi) is 6.62. The molecule has 0 radical (unpaired) electrons. The molecule has 1 heterocycles. The van der Waals surface area contributed by atoms with E-state index in [1.54, 1.807) is 67.4 Å². The number of ether oxygens (including phenoxy) is 1. The third kappa shape index (κ3) is 4.91. The fourth-order valence-electron chi connectivity index (χ4n) is 3.40. The standard InChI is InChI=1S/C22H24ClN3O4/c1-14-12-20(27)24-18-6-4-5-7-19(18)26(14)21(28)13-25(3)22(29)15(2)30-17-10-8-16(23)9-11-17/h4-11,14-15H,12-13H2,1-3H3,(H,24,27)/t14-,15-/m0/s1. The van der Waals surface area contributed by atoms with E-state index in [0.29, 0.717) is 22.1 Å². The van der Waals surface area contributed by atoms with E-state index in [2.05, 4.69) is 5.32 Å². The molecule has 0 fully saturated rings. The number of carbonyl (C=O) groups excluding carboxylic acids is 3. The minimum atomic E-state index is -0.777. The number of fused-ring (bicyclic) bond motifs is 1. The van der Waals surface area contributed by atoms with Gasteiger partial charge in [0.2, 0.25) is 11.8 Å². The monoisotopic (exact) mass is 429 g/mol. The largest absolute Gasteiger partial charge is 0.481 e. The van der Waals surface area contributed by atoms with Crippen molar-refractivity contribution in [1.82, 2.24) is 4.90 Å². The van der Waals surface area contributed by atoms with Crippen LogP contribution in [-0.4, -0.2) is 48.4 Å². The number of hydrogen-bond donors (Lipinski definition) is 1. The Hall–Kier alpha value is -3.06. The van der Waals surface area contributed by atoms with Crippen LogP contribution in [0.15, 0.2) is 48.5 Å². The fourth-order valence-corrected chi connectivity index (χ4v) is 3.53. The zero-order chi connectivity index (χ0) is 21.8. The first kappa shape index (κ1) is 21.6. The van der Waals surface area contributed by atoms with Crippen molar-refractivity contribution in [2.24, 2.45) is 0 Å². The molecule has 0 spiro atoms. The van der Waals surface area contributed by atoms with Gasteiger partial charge in [-0.3, -0.25) is 14.4 Å². The number of hydrogen-bond acceptors (Lipinski definition) is 4. The van der Waals surface area contributed by atoms with Crippen LogP contribution < -0.4 is 15.0 Å². The summed E-state index contributed by atoms with van der Waals surface area (Å²) in [5, 5.41) is 3.39. The van der Waals surface area contributed by atoms with Gasteiger partial charge in [0.25, 0.3) is 5.91 Å². The molecule has 3 amide bonds. The smallest absolute Gasteiger partial charge is 0.263 e. The molecule has 0 bridgehead atoms. The summed E-state index contributed by atoms with van der Waals surface area (Å²) in [5.74, 6) is -0.247. The Balaban J connectivity index is 1.70. The molecule has 0 saturated carbocycles. The second kappa shape index (κ2) is 9.17. The number of benzene rings is 2. The molecule has 0 saturated heterocycles. The number of nitrogens with one attached hydrogen (secondary N) is 1. The number of rotatable bonds is 5. The minimum absolute atomic E-state index is 0.139. The number of likely N-dealkylation sites (N-methyl/N-ethyl adjacent to an activating group) is 1. The van der Waals surface area contributed by atoms with Crippen LogP contribution in [-0.2, 0) is 14.4 Å². The van der Waals surface area contributed by atoms with Gasteiger partial charge >= 0.3 is 0 Å². The lowest BCUT2D eigenvalue weighted by Crippen LogP contribution is -2.47. The summed E-state index contributed by atoms with van der Waals surface area (Å²) >= 11 is 5.86. The van der Waals surface area contributed by atoms with Gasteiger partial charge in [-0.1, -0.05) is 23.7 Å². The number of nitrogens with zero attached hydrogens (tertiary/aromatic N) is 2. The number of carbonyl (C=O) groups is 3. The summed E-state index contributed by atoms with van der Waals surface area (Å²) in [6, 6.07) is 13.5. The lowest BCUT2D eigenvalue weighted by atomic mass is 10.1. The quantitative estimate of drug-likeness (QED) is 0.790. The zero-order valence-corrected chi connectivity index (χ0v) is 17.8. The summed E-state index contributed by atoms with van der Waals surface area (Å²) < 4.78 is 5.66. The van der Waals surface area contributed by atoms with Crippen LogP contribution in [0.1, 0.15) is 20.3 Å². The third-order valence-corrected chi connectivity index (χ3v) is 5.10. The van der Waals surface area contributed by atoms with Gasteiger partial charge in [0.1, 0.15) is 5.75 Å². The lowest BCUT2D eigenvalue weighted by molar-refractivity contribution is -0.139. The van der Waals surface area contributed by atoms with E-state index in [1.807, 2.05) is 6.92 Å². The highest BCUT2D eigenvalue weighted by Crippen LogP contribution is 2.31. The van der Waals surface area contributed by atoms with Gasteiger partial charge in [-0.2, -0.15) is 0 Å². The Bertz CT molecular complexity index is 948. The van der Waals surface area contributed by atoms with E-state index >= 15 is 0 Å². The summed E-state index contributed by atoms with van der Waals surface area (Å²) in [6.45, 7) is 3.30. The topological polar surface area (TPSA) is 79.0 Å². The normalized spacial score (nSPS) is 16.7. The molecule has 0 unspecified atom stereocenters. The summed E-state index contributed by atoms with van der Waals surface area (Å²) in [7, 11) is 1.56. The molecule has 0 aromatic heterocycles. The number of para-hydroxylation sites is 2. The first-order valence-electron chi connectivity index (χ1n) is 9.64. The molecule has 1 aliphatic heterocycles. The average Bonchev–Trinajstić information content (AvgIpc) is 2.83. The van der Waals surface area contributed by atoms with E-state index in [0.717, 1.165) is 0 Å². The minimum Gasteiger partial charge on any atom is -0.481 e. The predicted octanol–water partition coefficient (Wildman–Crippen LogP) is 3.33. The van der Waals surface area contributed by atoms with E-state index < -0.39 is 6.10 Å². The predicted molar refractivity (Wildman–Crippen MR) is 116 cm³/mol. The Morgan fingerprint density at radius 3 is 2.60 bits per heavy atom. The maximum absolute atomic E-state index is 13.1. The fraction of sp³-hybridized carbons (Fsp3) is 0.318. The molecule has 2 aromatic carbocycles. The van der Waals surface area contributed by atoms with Gasteiger partial charge in [0.15, 0.2) is 6.10 Å². The van der Waals surface area contributed by atoms with Crippen molar-refractivity contribution in [2.45, 2.75) is 32.4 Å². The highest BCUT2D eigenvalue weighted by Gasteiger charge is 2.31. The van der Waals surface area contributed by atoms with Gasteiger partial charge in [-0.05, 0) is 50.2 Å². The van der Waals surface area contributed by atoms with Crippen molar-refractivity contribution in [1.29, 1.82) is 0 Å². The average molecular weight is 430 g/mol. The molecule has 158 valence electrons. The maximum Gasteiger partial charge on any atom is 0.263 e. The van der Waals surface area contributed by atoms with Gasteiger partial charge in [0, 0.05) is 24.5 Å². The van der Waals surface area contributed by atoms with Crippen LogP contribution in [0.2, 0.25) is 5.02 Å². The van der Waals surface area contributed by atoms with Crippen LogP contribution in [0.4, 0.5) is 11.4 Å². The first-order valence-corrected chi connectivity index (χ1v) is 10.0. The van der Waals surface area contributed by atoms with Crippen LogP contribution >= 0.6 is 11.6 Å². The van der Waals surface area contributed by atoms with Gasteiger partial charge in [-0.25, -0.2) is 0 Å². The molecule has 0 aliphatic carbocycles. The molecule has 7 nitrogen and oxygen atoms in total. The van der Waals surface area contributed by atoms with Crippen LogP contribution in [0.5, 0.6) is 5.75 Å². The highest BCUT2D eigenvalue weighted by atomic mass is 35.5. The number of halogens is 1. The van der Waals surface area contributed by atoms with Gasteiger partial charge in [-0.15, -0.1) is 0 Å². The first-order chi connectivity index (χ1) is 14.3. The molecule has 1 aliphatic rings. The highest BCUT2D eigenvalue weighted by molar-refractivity contribution is 6.30. The lowest BCUT2D eigenvalue weighted by Gasteiger charge is -2.30. The van der Waals surface area contributed by atoms with Crippen molar-refractivity contribution in [3.63, 3.8) is 0 Å². The van der Waals surface area contributed by atoms with Crippen LogP contribution in [0.3, 0.4) is 0 Å². The Morgan fingerprint density at radius 2 is 1.90 bits per heavy atom. The second-order valence-corrected chi connectivity index (χ2v) is 7.73. The Labute approximate surface area is 180 Å². The summed E-state index contributed by atoms with van der Waals surface area (Å²) in [6.07, 6.45) is -0.602. The number of anilines is 2. The van der Waals surface area contributed by atoms with Crippen molar-refractivity contribution >= 4 is 40.7 Å². The second-order valence-electron chi connectivity index (χ2n) is 7.29. The van der Waals surface area contributed by atoms with Gasteiger partial charge in [0.05, 0.1) is 17.9 Å². The van der Waals surface area contributed by atoms with E-state index in [1.165, 1.54) is 4.90 Å². The molecule has 3 rings (SSSR count). The van der Waals surface area contributed by atoms with Crippen molar-refractivity contribution in [3.8, 4) is 5.75 Å². The SMILES string of the molecule is C[C@H](Oc1ccc(Cl)cc1)C(=O)N(C)CC(=O)N1c2ccccc2NC(=O)C[C@@H]1C. The van der Waals surface area contributed by atoms with E-state index in [9.17, 15) is 14.4 Å². The molecule has 8 heteroatoms. The summed E-state index contributed by atoms with van der Waals surface area (Å²) in [4.78, 5) is 40.8.